The van der Waals surface area contributed by atoms with Crippen molar-refractivity contribution in [2.24, 2.45) is 0 Å². The lowest BCUT2D eigenvalue weighted by Crippen LogP contribution is -2.20. The lowest BCUT2D eigenvalue weighted by Gasteiger charge is -2.12. The fourth-order valence-electron chi connectivity index (χ4n) is 1.64. The molecule has 0 saturated heterocycles. The first-order valence-electron chi connectivity index (χ1n) is 6.36. The van der Waals surface area contributed by atoms with Crippen LogP contribution in [-0.4, -0.2) is 35.0 Å². The number of aliphatic hydroxyl groups is 2. The van der Waals surface area contributed by atoms with Crippen molar-refractivity contribution in [1.29, 1.82) is 0 Å². The molecule has 2 atom stereocenters. The van der Waals surface area contributed by atoms with Crippen molar-refractivity contribution < 1.29 is 19.7 Å². The summed E-state index contributed by atoms with van der Waals surface area (Å²) in [6.45, 7) is 2.00. The highest BCUT2D eigenvalue weighted by Gasteiger charge is 2.14. The topological polar surface area (TPSA) is 66.8 Å². The molecule has 4 nitrogen and oxygen atoms in total. The number of esters is 1. The fraction of sp³-hybridized carbons (Fsp3) is 0.400. The van der Waals surface area contributed by atoms with E-state index in [0.717, 1.165) is 5.56 Å². The summed E-state index contributed by atoms with van der Waals surface area (Å²) in [6.07, 6.45) is 1.72. The van der Waals surface area contributed by atoms with Crippen LogP contribution in [0.5, 0.6) is 0 Å². The predicted molar refractivity (Wildman–Crippen MR) is 73.4 cm³/mol. The van der Waals surface area contributed by atoms with E-state index in [-0.39, 0.29) is 12.8 Å². The minimum atomic E-state index is -0.894. The summed E-state index contributed by atoms with van der Waals surface area (Å²) >= 11 is 0. The number of aliphatic hydroxyl groups excluding tert-OH is 2. The van der Waals surface area contributed by atoms with Gasteiger partial charge in [-0.25, -0.2) is 0 Å². The predicted octanol–water partition coefficient (Wildman–Crippen LogP) is 1.76. The Morgan fingerprint density at radius 3 is 2.63 bits per heavy atom. The molecule has 0 aromatic heterocycles. The maximum absolute atomic E-state index is 11.1. The molecule has 1 aromatic carbocycles. The Kier molecular flexibility index (Phi) is 6.85. The summed E-state index contributed by atoms with van der Waals surface area (Å²) < 4.78 is 4.72. The summed E-state index contributed by atoms with van der Waals surface area (Å²) in [5.41, 5.74) is 0.974. The molecule has 0 fully saturated rings. The van der Waals surface area contributed by atoms with Gasteiger partial charge in [0.2, 0.25) is 0 Å². The third kappa shape index (κ3) is 6.74. The Morgan fingerprint density at radius 2 is 2.00 bits per heavy atom. The first-order valence-corrected chi connectivity index (χ1v) is 6.36. The number of carbonyl (C=O) groups is 1. The van der Waals surface area contributed by atoms with Crippen molar-refractivity contribution in [3.63, 3.8) is 0 Å². The fourth-order valence-corrected chi connectivity index (χ4v) is 1.64. The zero-order valence-corrected chi connectivity index (χ0v) is 11.0. The van der Waals surface area contributed by atoms with Gasteiger partial charge in [0.05, 0.1) is 25.2 Å². The highest BCUT2D eigenvalue weighted by atomic mass is 16.5. The van der Waals surface area contributed by atoms with E-state index >= 15 is 0 Å². The van der Waals surface area contributed by atoms with Gasteiger partial charge in [-0.05, 0) is 12.5 Å². The number of hydrogen-bond acceptors (Lipinski definition) is 4. The molecule has 0 saturated carbocycles. The van der Waals surface area contributed by atoms with Gasteiger partial charge in [0.25, 0.3) is 0 Å². The molecular formula is C15H20O4. The molecule has 19 heavy (non-hydrogen) atoms. The lowest BCUT2D eigenvalue weighted by molar-refractivity contribution is -0.145. The van der Waals surface area contributed by atoms with Crippen LogP contribution in [0.1, 0.15) is 25.3 Å². The van der Waals surface area contributed by atoms with E-state index in [1.54, 1.807) is 19.1 Å². The number of hydrogen-bond donors (Lipinski definition) is 2. The minimum absolute atomic E-state index is 0.0932. The second-order valence-corrected chi connectivity index (χ2v) is 4.24. The van der Waals surface area contributed by atoms with Crippen molar-refractivity contribution in [3.05, 3.63) is 42.0 Å². The zero-order chi connectivity index (χ0) is 14.1. The van der Waals surface area contributed by atoms with Gasteiger partial charge < -0.3 is 14.9 Å². The van der Waals surface area contributed by atoms with Crippen molar-refractivity contribution in [1.82, 2.24) is 0 Å². The van der Waals surface area contributed by atoms with Crippen LogP contribution in [0.2, 0.25) is 0 Å². The van der Waals surface area contributed by atoms with Crippen molar-refractivity contribution in [2.45, 2.75) is 32.0 Å². The van der Waals surface area contributed by atoms with Crippen molar-refractivity contribution in [2.75, 3.05) is 6.61 Å². The molecule has 0 aliphatic carbocycles. The first-order chi connectivity index (χ1) is 9.11. The molecular weight excluding hydrogens is 244 g/mol. The molecule has 104 valence electrons. The van der Waals surface area contributed by atoms with E-state index in [1.807, 2.05) is 30.3 Å². The van der Waals surface area contributed by atoms with Gasteiger partial charge in [-0.15, -0.1) is 0 Å². The molecule has 0 bridgehead atoms. The molecule has 4 heteroatoms. The van der Waals surface area contributed by atoms with E-state index in [2.05, 4.69) is 0 Å². The van der Waals surface area contributed by atoms with E-state index in [4.69, 9.17) is 4.74 Å². The molecule has 2 N–H and O–H groups in total. The van der Waals surface area contributed by atoms with Crippen LogP contribution in [0.25, 0.3) is 6.08 Å². The maximum atomic E-state index is 11.1. The molecule has 1 rings (SSSR count). The number of benzene rings is 1. The standard InChI is InChI=1S/C15H20O4/c1-2-19-15(18)11-14(17)10-13(16)9-8-12-6-4-3-5-7-12/h3-9,13-14,16-17H,2,10-11H2,1H3/b9-8+. The second kappa shape index (κ2) is 8.45. The molecule has 2 unspecified atom stereocenters. The molecule has 0 heterocycles. The van der Waals surface area contributed by atoms with Crippen LogP contribution in [0.15, 0.2) is 36.4 Å². The van der Waals surface area contributed by atoms with Gasteiger partial charge in [-0.1, -0.05) is 42.5 Å². The molecule has 0 aliphatic rings. The van der Waals surface area contributed by atoms with Gasteiger partial charge in [0.15, 0.2) is 0 Å². The summed E-state index contributed by atoms with van der Waals surface area (Å²) in [5.74, 6) is -0.450. The molecule has 1 aromatic rings. The molecule has 0 amide bonds. The Morgan fingerprint density at radius 1 is 1.32 bits per heavy atom. The number of ether oxygens (including phenoxy) is 1. The SMILES string of the molecule is CCOC(=O)CC(O)CC(O)/C=C/c1ccccc1. The molecule has 0 radical (unpaired) electrons. The highest BCUT2D eigenvalue weighted by Crippen LogP contribution is 2.08. The van der Waals surface area contributed by atoms with Gasteiger partial charge in [-0.3, -0.25) is 4.79 Å². The quantitative estimate of drug-likeness (QED) is 0.736. The van der Waals surface area contributed by atoms with Gasteiger partial charge in [-0.2, -0.15) is 0 Å². The Bertz CT molecular complexity index is 400. The van der Waals surface area contributed by atoms with Crippen molar-refractivity contribution >= 4 is 12.0 Å². The molecule has 0 spiro atoms. The van der Waals surface area contributed by atoms with E-state index in [0.29, 0.717) is 6.61 Å². The Balaban J connectivity index is 2.36. The third-order valence-corrected chi connectivity index (χ3v) is 2.53. The van der Waals surface area contributed by atoms with E-state index in [1.165, 1.54) is 0 Å². The molecule has 0 aliphatic heterocycles. The monoisotopic (exact) mass is 264 g/mol. The minimum Gasteiger partial charge on any atom is -0.466 e. The summed E-state index contributed by atoms with van der Waals surface area (Å²) in [7, 11) is 0. The zero-order valence-electron chi connectivity index (χ0n) is 11.0. The van der Waals surface area contributed by atoms with Crippen LogP contribution in [-0.2, 0) is 9.53 Å². The van der Waals surface area contributed by atoms with Crippen LogP contribution >= 0.6 is 0 Å². The largest absolute Gasteiger partial charge is 0.466 e. The third-order valence-electron chi connectivity index (χ3n) is 2.53. The van der Waals surface area contributed by atoms with E-state index in [9.17, 15) is 15.0 Å². The smallest absolute Gasteiger partial charge is 0.308 e. The van der Waals surface area contributed by atoms with Gasteiger partial charge >= 0.3 is 5.97 Å². The average molecular weight is 264 g/mol. The van der Waals surface area contributed by atoms with Crippen LogP contribution in [0, 0.1) is 0 Å². The van der Waals surface area contributed by atoms with Crippen LogP contribution in [0.4, 0.5) is 0 Å². The van der Waals surface area contributed by atoms with Crippen LogP contribution in [0.3, 0.4) is 0 Å². The summed E-state index contributed by atoms with van der Waals surface area (Å²) in [4.78, 5) is 11.1. The first kappa shape index (κ1) is 15.4. The van der Waals surface area contributed by atoms with Gasteiger partial charge in [0, 0.05) is 6.42 Å². The average Bonchev–Trinajstić information content (AvgIpc) is 2.37. The van der Waals surface area contributed by atoms with Gasteiger partial charge in [0.1, 0.15) is 0 Å². The summed E-state index contributed by atoms with van der Waals surface area (Å²) in [6, 6.07) is 9.55. The lowest BCUT2D eigenvalue weighted by atomic mass is 10.1. The summed E-state index contributed by atoms with van der Waals surface area (Å²) in [5, 5.41) is 19.3. The normalized spacial score (nSPS) is 14.3. The maximum Gasteiger partial charge on any atom is 0.308 e. The Hall–Kier alpha value is -1.65. The number of carbonyl (C=O) groups excluding carboxylic acids is 1. The second-order valence-electron chi connectivity index (χ2n) is 4.24. The number of rotatable bonds is 7. The highest BCUT2D eigenvalue weighted by molar-refractivity contribution is 5.69. The van der Waals surface area contributed by atoms with Crippen molar-refractivity contribution in [3.8, 4) is 0 Å². The van der Waals surface area contributed by atoms with E-state index < -0.39 is 18.2 Å². The van der Waals surface area contributed by atoms with Crippen LogP contribution < -0.4 is 0 Å². The Labute approximate surface area is 113 Å².